The highest BCUT2D eigenvalue weighted by atomic mass is 16.5. The number of morpholine rings is 1. The summed E-state index contributed by atoms with van der Waals surface area (Å²) in [5.41, 5.74) is 5.85. The van der Waals surface area contributed by atoms with E-state index in [4.69, 9.17) is 10.5 Å². The average Bonchev–Trinajstić information content (AvgIpc) is 2.47. The lowest BCUT2D eigenvalue weighted by molar-refractivity contribution is 0.0273. The van der Waals surface area contributed by atoms with Gasteiger partial charge in [0.05, 0.1) is 12.7 Å². The zero-order valence-electron chi connectivity index (χ0n) is 11.5. The van der Waals surface area contributed by atoms with Crippen LogP contribution in [0.2, 0.25) is 0 Å². The zero-order valence-corrected chi connectivity index (χ0v) is 11.5. The fourth-order valence-corrected chi connectivity index (χ4v) is 2.58. The Labute approximate surface area is 117 Å². The molecule has 0 aliphatic carbocycles. The van der Waals surface area contributed by atoms with Crippen LogP contribution in [0.5, 0.6) is 0 Å². The molecule has 0 bridgehead atoms. The molecule has 1 fully saturated rings. The highest BCUT2D eigenvalue weighted by Gasteiger charge is 2.24. The first kappa shape index (κ1) is 13.1. The van der Waals surface area contributed by atoms with Gasteiger partial charge in [0.25, 0.3) is 5.56 Å². The van der Waals surface area contributed by atoms with E-state index in [1.54, 1.807) is 0 Å². The Kier molecular flexibility index (Phi) is 3.46. The largest absolute Gasteiger partial charge is 0.373 e. The standard InChI is InChI=1S/C15H19N3O2/c1-10(16)13-9-18(6-7-20-13)14-8-11-4-2-3-5-12(11)15(19)17-14/h2-5,8,10,13H,6-7,9,16H2,1H3,(H,17,19). The highest BCUT2D eigenvalue weighted by Crippen LogP contribution is 2.19. The summed E-state index contributed by atoms with van der Waals surface area (Å²) in [5.74, 6) is 0.836. The molecule has 0 radical (unpaired) electrons. The summed E-state index contributed by atoms with van der Waals surface area (Å²) >= 11 is 0. The van der Waals surface area contributed by atoms with Crippen LogP contribution in [0.1, 0.15) is 6.92 Å². The molecule has 0 spiro atoms. The van der Waals surface area contributed by atoms with Crippen molar-refractivity contribution in [2.45, 2.75) is 19.1 Å². The molecular weight excluding hydrogens is 254 g/mol. The third-order valence-corrected chi connectivity index (χ3v) is 3.76. The predicted molar refractivity (Wildman–Crippen MR) is 80.2 cm³/mol. The first-order valence-electron chi connectivity index (χ1n) is 6.89. The number of hydrogen-bond donors (Lipinski definition) is 2. The molecule has 1 aromatic heterocycles. The van der Waals surface area contributed by atoms with Gasteiger partial charge in [-0.2, -0.15) is 0 Å². The minimum absolute atomic E-state index is 0.00118. The summed E-state index contributed by atoms with van der Waals surface area (Å²) in [6, 6.07) is 9.60. The van der Waals surface area contributed by atoms with Gasteiger partial charge in [0, 0.05) is 24.5 Å². The smallest absolute Gasteiger partial charge is 0.257 e. The molecule has 20 heavy (non-hydrogen) atoms. The van der Waals surface area contributed by atoms with Crippen LogP contribution in [-0.2, 0) is 4.74 Å². The Hall–Kier alpha value is -1.85. The van der Waals surface area contributed by atoms with Crippen LogP contribution in [-0.4, -0.2) is 36.8 Å². The number of anilines is 1. The number of aromatic amines is 1. The number of nitrogens with zero attached hydrogens (tertiary/aromatic N) is 1. The van der Waals surface area contributed by atoms with E-state index in [0.717, 1.165) is 17.7 Å². The maximum atomic E-state index is 12.1. The van der Waals surface area contributed by atoms with E-state index >= 15 is 0 Å². The van der Waals surface area contributed by atoms with Crippen LogP contribution < -0.4 is 16.2 Å². The SMILES string of the molecule is CC(N)C1CN(c2cc3ccccc3c(=O)[nH]2)CCO1. The first-order valence-corrected chi connectivity index (χ1v) is 6.89. The number of benzene rings is 1. The molecule has 1 saturated heterocycles. The van der Waals surface area contributed by atoms with Gasteiger partial charge in [-0.15, -0.1) is 0 Å². The molecule has 5 heteroatoms. The maximum Gasteiger partial charge on any atom is 0.257 e. The van der Waals surface area contributed by atoms with Gasteiger partial charge in [0.15, 0.2) is 0 Å². The second-order valence-corrected chi connectivity index (χ2v) is 5.29. The minimum atomic E-state index is -0.0538. The van der Waals surface area contributed by atoms with Crippen molar-refractivity contribution in [2.24, 2.45) is 5.73 Å². The van der Waals surface area contributed by atoms with Gasteiger partial charge < -0.3 is 20.4 Å². The van der Waals surface area contributed by atoms with Crippen LogP contribution in [0.25, 0.3) is 10.8 Å². The van der Waals surface area contributed by atoms with Crippen molar-refractivity contribution in [1.82, 2.24) is 4.98 Å². The maximum absolute atomic E-state index is 12.1. The molecule has 1 aliphatic rings. The number of pyridine rings is 1. The quantitative estimate of drug-likeness (QED) is 0.859. The van der Waals surface area contributed by atoms with Crippen LogP contribution in [0, 0.1) is 0 Å². The van der Waals surface area contributed by atoms with Crippen molar-refractivity contribution in [1.29, 1.82) is 0 Å². The highest BCUT2D eigenvalue weighted by molar-refractivity contribution is 5.83. The van der Waals surface area contributed by atoms with E-state index < -0.39 is 0 Å². The van der Waals surface area contributed by atoms with Gasteiger partial charge in [-0.05, 0) is 24.4 Å². The number of nitrogens with two attached hydrogens (primary N) is 1. The molecule has 1 aliphatic heterocycles. The molecule has 1 aromatic carbocycles. The lowest BCUT2D eigenvalue weighted by atomic mass is 10.1. The van der Waals surface area contributed by atoms with Gasteiger partial charge in [-0.1, -0.05) is 18.2 Å². The number of ether oxygens (including phenoxy) is 1. The monoisotopic (exact) mass is 273 g/mol. The fraction of sp³-hybridized carbons (Fsp3) is 0.400. The van der Waals surface area contributed by atoms with Crippen molar-refractivity contribution < 1.29 is 4.74 Å². The molecule has 0 saturated carbocycles. The first-order chi connectivity index (χ1) is 9.65. The molecule has 2 unspecified atom stereocenters. The molecule has 2 aromatic rings. The summed E-state index contributed by atoms with van der Waals surface area (Å²) in [6.45, 7) is 4.03. The molecule has 2 heterocycles. The average molecular weight is 273 g/mol. The van der Waals surface area contributed by atoms with Gasteiger partial charge in [0.2, 0.25) is 0 Å². The normalized spacial score (nSPS) is 21.1. The van der Waals surface area contributed by atoms with E-state index in [-0.39, 0.29) is 17.7 Å². The van der Waals surface area contributed by atoms with Gasteiger partial charge >= 0.3 is 0 Å². The Morgan fingerprint density at radius 2 is 2.25 bits per heavy atom. The molecule has 0 amide bonds. The van der Waals surface area contributed by atoms with Crippen molar-refractivity contribution in [3.05, 3.63) is 40.7 Å². The molecule has 3 N–H and O–H groups in total. The Morgan fingerprint density at radius 3 is 3.05 bits per heavy atom. The molecular formula is C15H19N3O2. The Balaban J connectivity index is 1.96. The van der Waals surface area contributed by atoms with E-state index in [2.05, 4.69) is 9.88 Å². The van der Waals surface area contributed by atoms with E-state index in [9.17, 15) is 4.79 Å². The summed E-state index contributed by atoms with van der Waals surface area (Å²) in [4.78, 5) is 17.2. The van der Waals surface area contributed by atoms with Crippen LogP contribution >= 0.6 is 0 Å². The summed E-state index contributed by atoms with van der Waals surface area (Å²) in [6.07, 6.45) is -0.00118. The van der Waals surface area contributed by atoms with Crippen molar-refractivity contribution in [3.8, 4) is 0 Å². The Morgan fingerprint density at radius 1 is 1.45 bits per heavy atom. The number of aromatic nitrogens is 1. The van der Waals surface area contributed by atoms with E-state index in [1.807, 2.05) is 37.3 Å². The number of nitrogens with one attached hydrogen (secondary N) is 1. The van der Waals surface area contributed by atoms with Crippen LogP contribution in [0.4, 0.5) is 5.82 Å². The fourth-order valence-electron chi connectivity index (χ4n) is 2.58. The lowest BCUT2D eigenvalue weighted by Crippen LogP contribution is -2.50. The minimum Gasteiger partial charge on any atom is -0.373 e. The summed E-state index contributed by atoms with van der Waals surface area (Å²) < 4.78 is 5.65. The third kappa shape index (κ3) is 2.42. The van der Waals surface area contributed by atoms with Crippen LogP contribution in [0.15, 0.2) is 35.1 Å². The third-order valence-electron chi connectivity index (χ3n) is 3.76. The van der Waals surface area contributed by atoms with Gasteiger partial charge in [0.1, 0.15) is 5.82 Å². The summed E-state index contributed by atoms with van der Waals surface area (Å²) in [5, 5.41) is 1.67. The predicted octanol–water partition coefficient (Wildman–Crippen LogP) is 1.08. The molecule has 106 valence electrons. The van der Waals surface area contributed by atoms with Crippen molar-refractivity contribution in [3.63, 3.8) is 0 Å². The van der Waals surface area contributed by atoms with Crippen molar-refractivity contribution >= 4 is 16.6 Å². The molecule has 2 atom stereocenters. The summed E-state index contributed by atoms with van der Waals surface area (Å²) in [7, 11) is 0. The second kappa shape index (κ2) is 5.26. The number of hydrogen-bond acceptors (Lipinski definition) is 4. The lowest BCUT2D eigenvalue weighted by Gasteiger charge is -2.35. The topological polar surface area (TPSA) is 71.3 Å². The number of H-pyrrole nitrogens is 1. The van der Waals surface area contributed by atoms with E-state index in [1.165, 1.54) is 0 Å². The number of fused-ring (bicyclic) bond motifs is 1. The van der Waals surface area contributed by atoms with E-state index in [0.29, 0.717) is 18.5 Å². The second-order valence-electron chi connectivity index (χ2n) is 5.29. The molecule has 3 rings (SSSR count). The van der Waals surface area contributed by atoms with Crippen molar-refractivity contribution in [2.75, 3.05) is 24.6 Å². The van der Waals surface area contributed by atoms with Gasteiger partial charge in [-0.3, -0.25) is 4.79 Å². The van der Waals surface area contributed by atoms with Crippen LogP contribution in [0.3, 0.4) is 0 Å². The Bertz CT molecular complexity index is 665. The number of rotatable bonds is 2. The zero-order chi connectivity index (χ0) is 14.1. The van der Waals surface area contributed by atoms with Gasteiger partial charge in [-0.25, -0.2) is 0 Å². The molecule has 5 nitrogen and oxygen atoms in total.